The fourth-order valence-electron chi connectivity index (χ4n) is 3.20. The van der Waals surface area contributed by atoms with Gasteiger partial charge in [-0.05, 0) is 69.9 Å². The Morgan fingerprint density at radius 1 is 1.03 bits per heavy atom. The van der Waals surface area contributed by atoms with Crippen LogP contribution >= 0.6 is 11.6 Å². The maximum atomic E-state index is 13.4. The van der Waals surface area contributed by atoms with Crippen molar-refractivity contribution in [2.24, 2.45) is 0 Å². The molecule has 0 radical (unpaired) electrons. The summed E-state index contributed by atoms with van der Waals surface area (Å²) in [5.74, 6) is -0.863. The third-order valence-corrected chi connectivity index (χ3v) is 5.44. The van der Waals surface area contributed by atoms with Crippen molar-refractivity contribution in [3.63, 3.8) is 0 Å². The van der Waals surface area contributed by atoms with Crippen LogP contribution in [0, 0.1) is 20.8 Å². The molecule has 0 saturated heterocycles. The number of para-hydroxylation sites is 1. The lowest BCUT2D eigenvalue weighted by Gasteiger charge is -2.29. The predicted molar refractivity (Wildman–Crippen MR) is 130 cm³/mol. The van der Waals surface area contributed by atoms with E-state index < -0.39 is 29.6 Å². The molecule has 0 heterocycles. The van der Waals surface area contributed by atoms with Crippen LogP contribution in [0.4, 0.5) is 10.5 Å². The molecule has 2 aromatic rings. The van der Waals surface area contributed by atoms with Gasteiger partial charge in [-0.3, -0.25) is 9.59 Å². The normalized spacial score (nSPS) is 12.0. The Morgan fingerprint density at radius 3 is 2.27 bits per heavy atom. The molecule has 178 valence electrons. The van der Waals surface area contributed by atoms with Crippen LogP contribution in [0.15, 0.2) is 36.4 Å². The molecular formula is C25H32ClN3O4. The van der Waals surface area contributed by atoms with Crippen molar-refractivity contribution in [3.8, 4) is 0 Å². The number of ether oxygens (including phenoxy) is 1. The summed E-state index contributed by atoms with van der Waals surface area (Å²) in [6.07, 6.45) is -0.705. The van der Waals surface area contributed by atoms with Crippen LogP contribution in [0.3, 0.4) is 0 Å². The van der Waals surface area contributed by atoms with Crippen LogP contribution in [-0.4, -0.2) is 42.0 Å². The Labute approximate surface area is 200 Å². The maximum absolute atomic E-state index is 13.4. The first kappa shape index (κ1) is 26.2. The van der Waals surface area contributed by atoms with Gasteiger partial charge in [0, 0.05) is 7.05 Å². The Morgan fingerprint density at radius 2 is 1.70 bits per heavy atom. The summed E-state index contributed by atoms with van der Waals surface area (Å²) in [6.45, 7) is 10.6. The van der Waals surface area contributed by atoms with Crippen molar-refractivity contribution < 1.29 is 19.1 Å². The summed E-state index contributed by atoms with van der Waals surface area (Å²) in [5, 5.41) is 5.72. The number of halogens is 1. The Hall–Kier alpha value is -3.06. The Balaban J connectivity index is 2.30. The smallest absolute Gasteiger partial charge is 0.408 e. The topological polar surface area (TPSA) is 87.7 Å². The standard InChI is InChI=1S/C25H32ClN3O4/c1-15-11-12-18(13-17(15)3)22(23(31)28-21-16(2)9-8-10-19(21)26)29(7)20(30)14-27-24(32)33-25(4,5)6/h8-13,22H,14H2,1-7H3,(H,27,32)(H,28,31). The average molecular weight is 474 g/mol. The van der Waals surface area contributed by atoms with E-state index in [1.807, 2.05) is 45.0 Å². The van der Waals surface area contributed by atoms with Crippen molar-refractivity contribution in [3.05, 3.63) is 63.7 Å². The van der Waals surface area contributed by atoms with Crippen LogP contribution in [0.25, 0.3) is 0 Å². The highest BCUT2D eigenvalue weighted by molar-refractivity contribution is 6.34. The second-order valence-electron chi connectivity index (χ2n) is 9.03. The summed E-state index contributed by atoms with van der Waals surface area (Å²) in [5.41, 5.74) is 3.31. The summed E-state index contributed by atoms with van der Waals surface area (Å²) >= 11 is 6.29. The summed E-state index contributed by atoms with van der Waals surface area (Å²) in [7, 11) is 1.53. The third kappa shape index (κ3) is 7.22. The van der Waals surface area contributed by atoms with Gasteiger partial charge in [0.2, 0.25) is 5.91 Å². The molecule has 0 aliphatic heterocycles. The molecule has 33 heavy (non-hydrogen) atoms. The minimum absolute atomic E-state index is 0.314. The average Bonchev–Trinajstić information content (AvgIpc) is 2.70. The number of anilines is 1. The highest BCUT2D eigenvalue weighted by Gasteiger charge is 2.30. The molecule has 3 amide bonds. The molecule has 0 saturated carbocycles. The lowest BCUT2D eigenvalue weighted by molar-refractivity contribution is -0.136. The number of likely N-dealkylation sites (N-methyl/N-ethyl adjacent to an activating group) is 1. The second kappa shape index (κ2) is 10.7. The molecule has 0 aliphatic rings. The van der Waals surface area contributed by atoms with Crippen LogP contribution in [0.5, 0.6) is 0 Å². The zero-order chi connectivity index (χ0) is 24.9. The zero-order valence-electron chi connectivity index (χ0n) is 20.2. The lowest BCUT2D eigenvalue weighted by Crippen LogP contribution is -2.44. The number of hydrogen-bond acceptors (Lipinski definition) is 4. The van der Waals surface area contributed by atoms with E-state index in [2.05, 4.69) is 10.6 Å². The van der Waals surface area contributed by atoms with Gasteiger partial charge in [-0.25, -0.2) is 4.79 Å². The molecule has 0 fully saturated rings. The highest BCUT2D eigenvalue weighted by atomic mass is 35.5. The van der Waals surface area contributed by atoms with E-state index in [4.69, 9.17) is 16.3 Å². The van der Waals surface area contributed by atoms with Crippen molar-refractivity contribution in [2.75, 3.05) is 18.9 Å². The molecule has 1 atom stereocenters. The van der Waals surface area contributed by atoms with E-state index in [9.17, 15) is 14.4 Å². The van der Waals surface area contributed by atoms with Crippen molar-refractivity contribution in [2.45, 2.75) is 53.2 Å². The number of carbonyl (C=O) groups excluding carboxylic acids is 3. The summed E-state index contributed by atoms with van der Waals surface area (Å²) in [4.78, 5) is 39.6. The number of hydrogen-bond donors (Lipinski definition) is 2. The zero-order valence-corrected chi connectivity index (χ0v) is 21.0. The SMILES string of the molecule is Cc1ccc(C(C(=O)Nc2c(C)cccc2Cl)N(C)C(=O)CNC(=O)OC(C)(C)C)cc1C. The maximum Gasteiger partial charge on any atom is 0.408 e. The first-order valence-electron chi connectivity index (χ1n) is 10.7. The van der Waals surface area contributed by atoms with Gasteiger partial charge in [0.25, 0.3) is 5.91 Å². The number of nitrogens with zero attached hydrogens (tertiary/aromatic N) is 1. The van der Waals surface area contributed by atoms with Gasteiger partial charge in [-0.1, -0.05) is 41.9 Å². The number of rotatable bonds is 6. The van der Waals surface area contributed by atoms with Gasteiger partial charge in [-0.15, -0.1) is 0 Å². The highest BCUT2D eigenvalue weighted by Crippen LogP contribution is 2.29. The molecule has 2 N–H and O–H groups in total. The molecule has 0 aliphatic carbocycles. The number of carbonyl (C=O) groups is 3. The van der Waals surface area contributed by atoms with E-state index in [-0.39, 0.29) is 6.54 Å². The number of amides is 3. The fraction of sp³-hybridized carbons (Fsp3) is 0.400. The van der Waals surface area contributed by atoms with Gasteiger partial charge >= 0.3 is 6.09 Å². The van der Waals surface area contributed by atoms with Crippen molar-refractivity contribution in [1.29, 1.82) is 0 Å². The molecule has 0 spiro atoms. The van der Waals surface area contributed by atoms with Gasteiger partial charge in [0.05, 0.1) is 10.7 Å². The van der Waals surface area contributed by atoms with E-state index >= 15 is 0 Å². The largest absolute Gasteiger partial charge is 0.444 e. The van der Waals surface area contributed by atoms with E-state index in [1.54, 1.807) is 32.9 Å². The second-order valence-corrected chi connectivity index (χ2v) is 9.43. The van der Waals surface area contributed by atoms with Gasteiger partial charge in [0.15, 0.2) is 0 Å². The number of alkyl carbamates (subject to hydrolysis) is 1. The first-order chi connectivity index (χ1) is 15.3. The Kier molecular flexibility index (Phi) is 8.50. The minimum atomic E-state index is -0.937. The predicted octanol–water partition coefficient (Wildman–Crippen LogP) is 4.93. The molecule has 2 aromatic carbocycles. The third-order valence-electron chi connectivity index (χ3n) is 5.13. The van der Waals surface area contributed by atoms with Crippen molar-refractivity contribution >= 4 is 35.2 Å². The fourth-order valence-corrected chi connectivity index (χ4v) is 3.47. The minimum Gasteiger partial charge on any atom is -0.444 e. The van der Waals surface area contributed by atoms with Crippen LogP contribution in [0.1, 0.15) is 49.1 Å². The van der Waals surface area contributed by atoms with Crippen molar-refractivity contribution in [1.82, 2.24) is 10.2 Å². The number of aryl methyl sites for hydroxylation is 3. The molecule has 0 bridgehead atoms. The van der Waals surface area contributed by atoms with Gasteiger partial charge < -0.3 is 20.3 Å². The van der Waals surface area contributed by atoms with Crippen LogP contribution < -0.4 is 10.6 Å². The van der Waals surface area contributed by atoms with E-state index in [0.29, 0.717) is 16.3 Å². The lowest BCUT2D eigenvalue weighted by atomic mass is 9.99. The molecule has 7 nitrogen and oxygen atoms in total. The molecule has 2 rings (SSSR count). The first-order valence-corrected chi connectivity index (χ1v) is 11.0. The summed E-state index contributed by atoms with van der Waals surface area (Å²) in [6, 6.07) is 9.99. The van der Waals surface area contributed by atoms with Gasteiger partial charge in [0.1, 0.15) is 18.2 Å². The Bertz CT molecular complexity index is 1030. The summed E-state index contributed by atoms with van der Waals surface area (Å²) < 4.78 is 5.18. The molecule has 1 unspecified atom stereocenters. The quantitative estimate of drug-likeness (QED) is 0.622. The van der Waals surface area contributed by atoms with E-state index in [1.165, 1.54) is 11.9 Å². The van der Waals surface area contributed by atoms with E-state index in [0.717, 1.165) is 16.7 Å². The number of benzene rings is 2. The van der Waals surface area contributed by atoms with Crippen LogP contribution in [-0.2, 0) is 14.3 Å². The van der Waals surface area contributed by atoms with Crippen LogP contribution in [0.2, 0.25) is 5.02 Å². The monoisotopic (exact) mass is 473 g/mol. The molecular weight excluding hydrogens is 442 g/mol. The molecule has 0 aromatic heterocycles. The molecule has 8 heteroatoms. The van der Waals surface area contributed by atoms with Gasteiger partial charge in [-0.2, -0.15) is 0 Å². The number of nitrogens with one attached hydrogen (secondary N) is 2.